The quantitative estimate of drug-likeness (QED) is 0.818. The van der Waals surface area contributed by atoms with Crippen molar-refractivity contribution < 1.29 is 14.3 Å². The van der Waals surface area contributed by atoms with Crippen molar-refractivity contribution in [1.29, 1.82) is 0 Å². The molecule has 0 spiro atoms. The summed E-state index contributed by atoms with van der Waals surface area (Å²) in [5, 5.41) is 0. The van der Waals surface area contributed by atoms with E-state index in [1.165, 1.54) is 0 Å². The molecule has 0 aliphatic carbocycles. The van der Waals surface area contributed by atoms with Crippen molar-refractivity contribution in [1.82, 2.24) is 0 Å². The largest absolute Gasteiger partial charge is 0.466 e. The Morgan fingerprint density at radius 3 is 2.90 bits per heavy atom. The van der Waals surface area contributed by atoms with Crippen molar-refractivity contribution >= 4 is 34.3 Å². The third kappa shape index (κ3) is 4.68. The lowest BCUT2D eigenvalue weighted by Crippen LogP contribution is -2.45. The van der Waals surface area contributed by atoms with Crippen LogP contribution < -0.4 is 5.73 Å². The maximum absolute atomic E-state index is 11.8. The fourth-order valence-electron chi connectivity index (χ4n) is 2.59. The minimum atomic E-state index is -0.513. The van der Waals surface area contributed by atoms with Crippen molar-refractivity contribution in [3.63, 3.8) is 0 Å². The van der Waals surface area contributed by atoms with Crippen LogP contribution in [0.25, 0.3) is 0 Å². The number of carbonyl (C=O) groups excluding carboxylic acids is 1. The molecule has 1 fully saturated rings. The van der Waals surface area contributed by atoms with Crippen LogP contribution in [0.1, 0.15) is 30.9 Å². The van der Waals surface area contributed by atoms with Crippen molar-refractivity contribution in [3.8, 4) is 0 Å². The van der Waals surface area contributed by atoms with Crippen LogP contribution in [0.3, 0.4) is 0 Å². The van der Waals surface area contributed by atoms with Gasteiger partial charge in [-0.05, 0) is 43.0 Å². The van der Waals surface area contributed by atoms with Gasteiger partial charge in [-0.15, -0.1) is 12.4 Å². The van der Waals surface area contributed by atoms with Gasteiger partial charge in [0.05, 0.1) is 25.2 Å². The molecule has 1 aromatic carbocycles. The van der Waals surface area contributed by atoms with Gasteiger partial charge in [0.1, 0.15) is 0 Å². The van der Waals surface area contributed by atoms with Crippen LogP contribution in [0.5, 0.6) is 0 Å². The predicted molar refractivity (Wildman–Crippen MR) is 87.6 cm³/mol. The number of esters is 1. The van der Waals surface area contributed by atoms with E-state index in [-0.39, 0.29) is 24.8 Å². The number of hydrogen-bond donors (Lipinski definition) is 1. The monoisotopic (exact) mass is 377 g/mol. The molecule has 21 heavy (non-hydrogen) atoms. The van der Waals surface area contributed by atoms with Gasteiger partial charge in [-0.2, -0.15) is 0 Å². The highest BCUT2D eigenvalue weighted by molar-refractivity contribution is 9.10. The minimum Gasteiger partial charge on any atom is -0.466 e. The van der Waals surface area contributed by atoms with Gasteiger partial charge in [0.15, 0.2) is 0 Å². The average Bonchev–Trinajstić information content (AvgIpc) is 2.39. The standard InChI is InChI=1S/C15H20BrNO3.ClH/c1-2-20-14(18)9-11-8-12(16)4-5-13(11)15(17)6-3-7-19-10-15;/h4-5,8H,2-3,6-7,9-10,17H2,1H3;1H. The Kier molecular flexibility index (Phi) is 7.13. The van der Waals surface area contributed by atoms with Crippen molar-refractivity contribution in [2.24, 2.45) is 5.73 Å². The molecule has 118 valence electrons. The normalized spacial score (nSPS) is 21.5. The van der Waals surface area contributed by atoms with Crippen molar-refractivity contribution in [2.75, 3.05) is 19.8 Å². The molecule has 0 radical (unpaired) electrons. The third-order valence-corrected chi connectivity index (χ3v) is 4.01. The summed E-state index contributed by atoms with van der Waals surface area (Å²) >= 11 is 3.44. The zero-order valence-corrected chi connectivity index (χ0v) is 14.5. The van der Waals surface area contributed by atoms with Crippen LogP contribution in [-0.2, 0) is 26.2 Å². The molecular weight excluding hydrogens is 358 g/mol. The average molecular weight is 379 g/mol. The summed E-state index contributed by atoms with van der Waals surface area (Å²) in [5.74, 6) is -0.229. The maximum Gasteiger partial charge on any atom is 0.310 e. The molecule has 1 saturated heterocycles. The summed E-state index contributed by atoms with van der Waals surface area (Å²) in [6, 6.07) is 5.87. The van der Waals surface area contributed by atoms with Crippen LogP contribution >= 0.6 is 28.3 Å². The summed E-state index contributed by atoms with van der Waals surface area (Å²) in [7, 11) is 0. The molecule has 0 aromatic heterocycles. The fraction of sp³-hybridized carbons (Fsp3) is 0.533. The Morgan fingerprint density at radius 1 is 1.52 bits per heavy atom. The van der Waals surface area contributed by atoms with Gasteiger partial charge in [0, 0.05) is 11.1 Å². The number of carbonyl (C=O) groups is 1. The minimum absolute atomic E-state index is 0. The fourth-order valence-corrected chi connectivity index (χ4v) is 3.00. The molecule has 0 bridgehead atoms. The number of rotatable bonds is 4. The van der Waals surface area contributed by atoms with E-state index in [9.17, 15) is 4.79 Å². The number of hydrogen-bond acceptors (Lipinski definition) is 4. The number of ether oxygens (including phenoxy) is 2. The highest BCUT2D eigenvalue weighted by Gasteiger charge is 2.32. The Labute approximate surface area is 139 Å². The molecule has 1 atom stereocenters. The van der Waals surface area contributed by atoms with E-state index in [4.69, 9.17) is 15.2 Å². The van der Waals surface area contributed by atoms with Crippen LogP contribution in [0.15, 0.2) is 22.7 Å². The molecule has 1 unspecified atom stereocenters. The molecule has 1 aromatic rings. The van der Waals surface area contributed by atoms with Gasteiger partial charge in [-0.3, -0.25) is 4.79 Å². The molecule has 4 nitrogen and oxygen atoms in total. The van der Waals surface area contributed by atoms with Crippen molar-refractivity contribution in [2.45, 2.75) is 31.7 Å². The summed E-state index contributed by atoms with van der Waals surface area (Å²) in [5.41, 5.74) is 7.86. The van der Waals surface area contributed by atoms with E-state index >= 15 is 0 Å². The number of benzene rings is 1. The molecular formula is C15H21BrClNO3. The lowest BCUT2D eigenvalue weighted by Gasteiger charge is -2.35. The molecule has 2 N–H and O–H groups in total. The zero-order valence-electron chi connectivity index (χ0n) is 12.1. The third-order valence-electron chi connectivity index (χ3n) is 3.51. The van der Waals surface area contributed by atoms with Crippen molar-refractivity contribution in [3.05, 3.63) is 33.8 Å². The molecule has 1 aliphatic heterocycles. The van der Waals surface area contributed by atoms with Gasteiger partial charge in [-0.25, -0.2) is 0 Å². The van der Waals surface area contributed by atoms with Gasteiger partial charge in [0.25, 0.3) is 0 Å². The lowest BCUT2D eigenvalue weighted by atomic mass is 9.82. The SMILES string of the molecule is CCOC(=O)Cc1cc(Br)ccc1C1(N)CCCOC1.Cl. The molecule has 2 rings (SSSR count). The van der Waals surface area contributed by atoms with Crippen LogP contribution in [-0.4, -0.2) is 25.8 Å². The van der Waals surface area contributed by atoms with Gasteiger partial charge >= 0.3 is 5.97 Å². The van der Waals surface area contributed by atoms with Crippen LogP contribution in [0.4, 0.5) is 0 Å². The first-order chi connectivity index (χ1) is 9.55. The molecule has 0 saturated carbocycles. The van der Waals surface area contributed by atoms with E-state index < -0.39 is 5.54 Å². The smallest absolute Gasteiger partial charge is 0.310 e. The van der Waals surface area contributed by atoms with Gasteiger partial charge < -0.3 is 15.2 Å². The van der Waals surface area contributed by atoms with E-state index in [1.54, 1.807) is 6.92 Å². The Bertz CT molecular complexity index is 490. The van der Waals surface area contributed by atoms with E-state index in [0.717, 1.165) is 35.0 Å². The second kappa shape index (κ2) is 8.13. The van der Waals surface area contributed by atoms with E-state index in [2.05, 4.69) is 15.9 Å². The second-order valence-corrected chi connectivity index (χ2v) is 6.01. The predicted octanol–water partition coefficient (Wildman–Crippen LogP) is 2.94. The summed E-state index contributed by atoms with van der Waals surface area (Å²) < 4.78 is 11.5. The van der Waals surface area contributed by atoms with E-state index in [0.29, 0.717) is 13.2 Å². The Hall–Kier alpha value is -0.620. The molecule has 6 heteroatoms. The highest BCUT2D eigenvalue weighted by Crippen LogP contribution is 2.32. The first-order valence-electron chi connectivity index (χ1n) is 6.86. The zero-order chi connectivity index (χ0) is 14.6. The molecule has 1 aliphatic rings. The summed E-state index contributed by atoms with van der Waals surface area (Å²) in [6.07, 6.45) is 2.04. The Balaban J connectivity index is 0.00000220. The Morgan fingerprint density at radius 2 is 2.29 bits per heavy atom. The maximum atomic E-state index is 11.8. The topological polar surface area (TPSA) is 61.5 Å². The lowest BCUT2D eigenvalue weighted by molar-refractivity contribution is -0.142. The second-order valence-electron chi connectivity index (χ2n) is 5.10. The first-order valence-corrected chi connectivity index (χ1v) is 7.65. The van der Waals surface area contributed by atoms with E-state index in [1.807, 2.05) is 18.2 Å². The summed E-state index contributed by atoms with van der Waals surface area (Å²) in [6.45, 7) is 3.44. The van der Waals surface area contributed by atoms with Gasteiger partial charge in [-0.1, -0.05) is 22.0 Å². The summed E-state index contributed by atoms with van der Waals surface area (Å²) in [4.78, 5) is 11.8. The molecule has 0 amide bonds. The number of halogens is 2. The van der Waals surface area contributed by atoms with Crippen LogP contribution in [0, 0.1) is 0 Å². The van der Waals surface area contributed by atoms with Crippen LogP contribution in [0.2, 0.25) is 0 Å². The molecule has 1 heterocycles. The first kappa shape index (κ1) is 18.4. The highest BCUT2D eigenvalue weighted by atomic mass is 79.9. The number of nitrogens with two attached hydrogens (primary N) is 1. The van der Waals surface area contributed by atoms with Gasteiger partial charge in [0.2, 0.25) is 0 Å².